The molecule has 0 radical (unpaired) electrons. The molecule has 0 heterocycles. The molecule has 1 aromatic carbocycles. The molecule has 2 rings (SSSR count). The Hall–Kier alpha value is -2.34. The Balaban J connectivity index is 1.87. The van der Waals surface area contributed by atoms with Crippen molar-refractivity contribution in [3.63, 3.8) is 0 Å². The van der Waals surface area contributed by atoms with Crippen molar-refractivity contribution in [2.75, 3.05) is 0 Å². The molecule has 0 saturated carbocycles. The fourth-order valence-electron chi connectivity index (χ4n) is 3.44. The van der Waals surface area contributed by atoms with E-state index in [1.807, 2.05) is 0 Å². The first-order chi connectivity index (χ1) is 14.3. The Morgan fingerprint density at radius 2 is 1.57 bits per heavy atom. The quantitative estimate of drug-likeness (QED) is 0.286. The summed E-state index contributed by atoms with van der Waals surface area (Å²) in [5, 5.41) is 0. The van der Waals surface area contributed by atoms with E-state index in [9.17, 15) is 0 Å². The van der Waals surface area contributed by atoms with Crippen LogP contribution >= 0.6 is 0 Å². The fourth-order valence-corrected chi connectivity index (χ4v) is 3.44. The van der Waals surface area contributed by atoms with Crippen LogP contribution in [0.5, 0.6) is 0 Å². The minimum absolute atomic E-state index is 0.476. The van der Waals surface area contributed by atoms with Gasteiger partial charge in [-0.25, -0.2) is 0 Å². The van der Waals surface area contributed by atoms with E-state index < -0.39 is 0 Å². The maximum atomic E-state index is 2.35. The summed E-state index contributed by atoms with van der Waals surface area (Å²) >= 11 is 0. The average Bonchev–Trinajstić information content (AvgIpc) is 2.74. The summed E-state index contributed by atoms with van der Waals surface area (Å²) in [6.45, 7) is 13.2. The van der Waals surface area contributed by atoms with E-state index in [2.05, 4.69) is 114 Å². The van der Waals surface area contributed by atoms with Crippen molar-refractivity contribution in [3.05, 3.63) is 100 Å². The van der Waals surface area contributed by atoms with Crippen molar-refractivity contribution < 1.29 is 0 Å². The average molecular weight is 401 g/mol. The summed E-state index contributed by atoms with van der Waals surface area (Å²) in [7, 11) is 0. The molecule has 0 fully saturated rings. The van der Waals surface area contributed by atoms with Gasteiger partial charge in [0.05, 0.1) is 0 Å². The third-order valence-corrected chi connectivity index (χ3v) is 5.52. The van der Waals surface area contributed by atoms with Crippen LogP contribution < -0.4 is 0 Å². The van der Waals surface area contributed by atoms with Crippen molar-refractivity contribution in [1.82, 2.24) is 0 Å². The van der Waals surface area contributed by atoms with Crippen LogP contribution in [0.25, 0.3) is 6.08 Å². The highest BCUT2D eigenvalue weighted by atomic mass is 14.1. The monoisotopic (exact) mass is 400 g/mol. The van der Waals surface area contributed by atoms with Crippen molar-refractivity contribution in [2.45, 2.75) is 67.2 Å². The predicted octanol–water partition coefficient (Wildman–Crippen LogP) is 9.04. The summed E-state index contributed by atoms with van der Waals surface area (Å²) in [5.74, 6) is 1.09. The number of allylic oxidation sites excluding steroid dienone is 11. The normalized spacial score (nSPS) is 16.2. The van der Waals surface area contributed by atoms with Crippen LogP contribution in [0.2, 0.25) is 0 Å². The highest BCUT2D eigenvalue weighted by Crippen LogP contribution is 2.26. The summed E-state index contributed by atoms with van der Waals surface area (Å²) in [4.78, 5) is 0. The molecule has 160 valence electrons. The first-order valence-corrected chi connectivity index (χ1v) is 11.5. The molecule has 1 unspecified atom stereocenters. The molecule has 30 heavy (non-hydrogen) atoms. The zero-order valence-electron chi connectivity index (χ0n) is 19.9. The number of aryl methyl sites for hydroxylation is 1. The molecule has 0 aliphatic heterocycles. The van der Waals surface area contributed by atoms with Gasteiger partial charge in [0, 0.05) is 0 Å². The summed E-state index contributed by atoms with van der Waals surface area (Å²) in [6.07, 6.45) is 22.8. The number of hydrogen-bond acceptors (Lipinski definition) is 0. The first kappa shape index (κ1) is 23.9. The molecule has 1 atom stereocenters. The molecule has 1 aliphatic rings. The van der Waals surface area contributed by atoms with Gasteiger partial charge in [-0.2, -0.15) is 0 Å². The van der Waals surface area contributed by atoms with E-state index in [1.165, 1.54) is 34.3 Å². The standard InChI is InChI=1S/C30H40/c1-23(2)7-9-25(5)10-12-27-13-15-28(16-14-27)17-18-29-19-21-30(22-20-29)26(6)11-8-24(3)4/h7-16,19,21,23,25H,17-18,20,22H2,1-6H3/b9-7-,12-10+,26-11+. The van der Waals surface area contributed by atoms with Gasteiger partial charge in [0.25, 0.3) is 0 Å². The van der Waals surface area contributed by atoms with Crippen molar-refractivity contribution in [2.24, 2.45) is 11.8 Å². The van der Waals surface area contributed by atoms with Gasteiger partial charge >= 0.3 is 0 Å². The predicted molar refractivity (Wildman–Crippen MR) is 136 cm³/mol. The fraction of sp³-hybridized carbons (Fsp3) is 0.400. The molecule has 0 amide bonds. The third-order valence-electron chi connectivity index (χ3n) is 5.52. The molecule has 1 aromatic rings. The SMILES string of the molecule is CC(C)=C/C=C(\C)C1=CC=C(CCc2ccc(/C=C/C(C)/C=C\C(C)C)cc2)CC1. The number of benzene rings is 1. The molecular weight excluding hydrogens is 360 g/mol. The molecular formula is C30H40. The zero-order valence-corrected chi connectivity index (χ0v) is 19.9. The Labute approximate surface area is 185 Å². The zero-order chi connectivity index (χ0) is 21.9. The van der Waals surface area contributed by atoms with Crippen molar-refractivity contribution in [1.29, 1.82) is 0 Å². The minimum Gasteiger partial charge on any atom is -0.0854 e. The van der Waals surface area contributed by atoms with Gasteiger partial charge in [0.2, 0.25) is 0 Å². The highest BCUT2D eigenvalue weighted by molar-refractivity contribution is 5.50. The van der Waals surface area contributed by atoms with Gasteiger partial charge < -0.3 is 0 Å². The van der Waals surface area contributed by atoms with Gasteiger partial charge in [-0.3, -0.25) is 0 Å². The molecule has 0 spiro atoms. The van der Waals surface area contributed by atoms with Gasteiger partial charge in [-0.15, -0.1) is 0 Å². The van der Waals surface area contributed by atoms with Crippen LogP contribution in [0.1, 0.15) is 71.9 Å². The van der Waals surface area contributed by atoms with E-state index >= 15 is 0 Å². The Bertz CT molecular complexity index is 844. The summed E-state index contributed by atoms with van der Waals surface area (Å²) in [5.41, 5.74) is 8.50. The third kappa shape index (κ3) is 8.99. The highest BCUT2D eigenvalue weighted by Gasteiger charge is 2.08. The van der Waals surface area contributed by atoms with Gasteiger partial charge in [-0.05, 0) is 80.6 Å². The molecule has 0 bridgehead atoms. The van der Waals surface area contributed by atoms with Gasteiger partial charge in [-0.1, -0.05) is 105 Å². The van der Waals surface area contributed by atoms with Crippen molar-refractivity contribution in [3.8, 4) is 0 Å². The molecule has 1 aliphatic carbocycles. The van der Waals surface area contributed by atoms with E-state index in [1.54, 1.807) is 5.57 Å². The maximum absolute atomic E-state index is 2.35. The van der Waals surface area contributed by atoms with Crippen LogP contribution in [0.4, 0.5) is 0 Å². The summed E-state index contributed by atoms with van der Waals surface area (Å²) in [6, 6.07) is 9.06. The smallest absolute Gasteiger partial charge is 0.00785 e. The molecule has 0 N–H and O–H groups in total. The second-order valence-corrected chi connectivity index (χ2v) is 9.20. The minimum atomic E-state index is 0.476. The molecule has 0 heteroatoms. The Morgan fingerprint density at radius 3 is 2.17 bits per heavy atom. The van der Waals surface area contributed by atoms with E-state index in [4.69, 9.17) is 0 Å². The van der Waals surface area contributed by atoms with E-state index in [0.717, 1.165) is 19.3 Å². The second-order valence-electron chi connectivity index (χ2n) is 9.20. The Morgan fingerprint density at radius 1 is 0.833 bits per heavy atom. The van der Waals surface area contributed by atoms with Crippen LogP contribution in [0, 0.1) is 11.8 Å². The second kappa shape index (κ2) is 12.4. The van der Waals surface area contributed by atoms with Gasteiger partial charge in [0.15, 0.2) is 0 Å². The lowest BCUT2D eigenvalue weighted by atomic mass is 9.90. The number of hydrogen-bond donors (Lipinski definition) is 0. The topological polar surface area (TPSA) is 0 Å². The van der Waals surface area contributed by atoms with Crippen LogP contribution in [0.15, 0.2) is 89.1 Å². The van der Waals surface area contributed by atoms with E-state index in [-0.39, 0.29) is 0 Å². The van der Waals surface area contributed by atoms with E-state index in [0.29, 0.717) is 11.8 Å². The molecule has 0 nitrogen and oxygen atoms in total. The van der Waals surface area contributed by atoms with Crippen molar-refractivity contribution >= 4 is 6.08 Å². The molecule has 0 saturated heterocycles. The lowest BCUT2D eigenvalue weighted by Gasteiger charge is -2.15. The van der Waals surface area contributed by atoms with Crippen LogP contribution in [-0.4, -0.2) is 0 Å². The lowest BCUT2D eigenvalue weighted by Crippen LogP contribution is -1.97. The molecule has 0 aromatic heterocycles. The summed E-state index contributed by atoms with van der Waals surface area (Å²) < 4.78 is 0. The largest absolute Gasteiger partial charge is 0.0854 e. The maximum Gasteiger partial charge on any atom is -0.00785 e. The number of rotatable bonds is 9. The van der Waals surface area contributed by atoms with Gasteiger partial charge in [0.1, 0.15) is 0 Å². The lowest BCUT2D eigenvalue weighted by molar-refractivity contribution is 0.811. The first-order valence-electron chi connectivity index (χ1n) is 11.5. The van der Waals surface area contributed by atoms with Crippen LogP contribution in [0.3, 0.4) is 0 Å². The Kier molecular flexibility index (Phi) is 9.87. The van der Waals surface area contributed by atoms with Crippen LogP contribution in [-0.2, 0) is 6.42 Å².